The van der Waals surface area contributed by atoms with Crippen molar-refractivity contribution in [1.82, 2.24) is 0 Å². The summed E-state index contributed by atoms with van der Waals surface area (Å²) in [6.07, 6.45) is 1.49. The number of non-ortho nitro benzene ring substituents is 1. The van der Waals surface area contributed by atoms with E-state index in [0.29, 0.717) is 22.0 Å². The summed E-state index contributed by atoms with van der Waals surface area (Å²) >= 11 is 0.996. The van der Waals surface area contributed by atoms with Crippen LogP contribution in [0.5, 0.6) is 11.5 Å². The van der Waals surface area contributed by atoms with Crippen molar-refractivity contribution < 1.29 is 24.3 Å². The molecular formula is C17H15NO6S. The molecule has 0 amide bonds. The molecule has 2 rings (SSSR count). The summed E-state index contributed by atoms with van der Waals surface area (Å²) in [7, 11) is 3.01. The van der Waals surface area contributed by atoms with Crippen LogP contribution in [0.15, 0.2) is 52.3 Å². The van der Waals surface area contributed by atoms with E-state index < -0.39 is 10.9 Å². The Morgan fingerprint density at radius 2 is 1.68 bits per heavy atom. The second kappa shape index (κ2) is 8.20. The van der Waals surface area contributed by atoms with Crippen LogP contribution in [0.1, 0.15) is 5.56 Å². The average molecular weight is 361 g/mol. The number of thioether (sulfide) groups is 1. The van der Waals surface area contributed by atoms with Gasteiger partial charge in [0.25, 0.3) is 5.69 Å². The van der Waals surface area contributed by atoms with E-state index >= 15 is 0 Å². The molecule has 1 N–H and O–H groups in total. The molecule has 0 spiro atoms. The first kappa shape index (κ1) is 18.3. The third-order valence-corrected chi connectivity index (χ3v) is 4.18. The predicted octanol–water partition coefficient (Wildman–Crippen LogP) is 3.83. The van der Waals surface area contributed by atoms with Crippen molar-refractivity contribution in [2.24, 2.45) is 0 Å². The lowest BCUT2D eigenvalue weighted by Crippen LogP contribution is -1.97. The molecule has 0 unspecified atom stereocenters. The van der Waals surface area contributed by atoms with Crippen LogP contribution in [0, 0.1) is 10.1 Å². The fourth-order valence-electron chi connectivity index (χ4n) is 1.96. The molecule has 0 heterocycles. The highest BCUT2D eigenvalue weighted by atomic mass is 32.2. The van der Waals surface area contributed by atoms with Crippen LogP contribution in [0.3, 0.4) is 0 Å². The number of nitro benzene ring substituents is 1. The Morgan fingerprint density at radius 1 is 1.12 bits per heavy atom. The molecule has 0 aliphatic carbocycles. The Hall–Kier alpha value is -3.00. The summed E-state index contributed by atoms with van der Waals surface area (Å²) in [4.78, 5) is 22.3. The maximum atomic E-state index is 11.5. The molecule has 0 aliphatic rings. The molecule has 2 aromatic rings. The van der Waals surface area contributed by atoms with Crippen LogP contribution in [0.4, 0.5) is 5.69 Å². The van der Waals surface area contributed by atoms with Crippen molar-refractivity contribution in [2.45, 2.75) is 4.90 Å². The van der Waals surface area contributed by atoms with E-state index in [0.717, 1.165) is 11.8 Å². The number of rotatable bonds is 7. The number of aliphatic carboxylic acids is 1. The first-order valence-electron chi connectivity index (χ1n) is 7.03. The highest BCUT2D eigenvalue weighted by molar-refractivity contribution is 8.04. The van der Waals surface area contributed by atoms with Gasteiger partial charge in [0.15, 0.2) is 0 Å². The fraction of sp³-hybridized carbons (Fsp3) is 0.118. The van der Waals surface area contributed by atoms with Gasteiger partial charge in [-0.1, -0.05) is 11.8 Å². The molecular weight excluding hydrogens is 346 g/mol. The van der Waals surface area contributed by atoms with Gasteiger partial charge < -0.3 is 14.6 Å². The minimum atomic E-state index is -1.11. The minimum absolute atomic E-state index is 0.0530. The van der Waals surface area contributed by atoms with Gasteiger partial charge in [-0.25, -0.2) is 4.79 Å². The van der Waals surface area contributed by atoms with Crippen molar-refractivity contribution in [3.8, 4) is 11.5 Å². The second-order valence-corrected chi connectivity index (χ2v) is 5.93. The Labute approximate surface area is 148 Å². The number of nitrogens with zero attached hydrogens (tertiary/aromatic N) is 1. The highest BCUT2D eigenvalue weighted by Crippen LogP contribution is 2.31. The summed E-state index contributed by atoms with van der Waals surface area (Å²) in [6, 6.07) is 10.7. The number of hydrogen-bond acceptors (Lipinski definition) is 6. The Balaban J connectivity index is 2.32. The molecule has 0 aliphatic heterocycles. The first-order chi connectivity index (χ1) is 11.9. The first-order valence-corrected chi connectivity index (χ1v) is 7.85. The van der Waals surface area contributed by atoms with Gasteiger partial charge in [-0.2, -0.15) is 0 Å². The third-order valence-electron chi connectivity index (χ3n) is 3.16. The molecule has 0 aromatic heterocycles. The largest absolute Gasteiger partial charge is 0.497 e. The fourth-order valence-corrected chi connectivity index (χ4v) is 2.77. The van der Waals surface area contributed by atoms with Crippen LogP contribution in [0.25, 0.3) is 6.08 Å². The van der Waals surface area contributed by atoms with E-state index in [1.54, 1.807) is 18.2 Å². The van der Waals surface area contributed by atoms with Crippen molar-refractivity contribution in [3.63, 3.8) is 0 Å². The van der Waals surface area contributed by atoms with Crippen molar-refractivity contribution >= 4 is 29.5 Å². The number of ether oxygens (including phenoxy) is 2. The monoisotopic (exact) mass is 361 g/mol. The van der Waals surface area contributed by atoms with Gasteiger partial charge in [-0.3, -0.25) is 10.1 Å². The van der Waals surface area contributed by atoms with Gasteiger partial charge >= 0.3 is 5.97 Å². The van der Waals surface area contributed by atoms with Crippen molar-refractivity contribution in [3.05, 3.63) is 63.0 Å². The topological polar surface area (TPSA) is 98.9 Å². The molecule has 0 radical (unpaired) electrons. The lowest BCUT2D eigenvalue weighted by molar-refractivity contribution is -0.384. The van der Waals surface area contributed by atoms with Gasteiger partial charge in [0.1, 0.15) is 11.5 Å². The summed E-state index contributed by atoms with van der Waals surface area (Å²) < 4.78 is 10.3. The number of carbonyl (C=O) groups is 1. The van der Waals surface area contributed by atoms with Crippen molar-refractivity contribution in [2.75, 3.05) is 14.2 Å². The number of carboxylic acid groups (broad SMARTS) is 1. The van der Waals surface area contributed by atoms with Crippen LogP contribution in [-0.2, 0) is 4.79 Å². The lowest BCUT2D eigenvalue weighted by Gasteiger charge is -2.07. The van der Waals surface area contributed by atoms with E-state index in [9.17, 15) is 20.0 Å². The molecule has 7 nitrogen and oxygen atoms in total. The van der Waals surface area contributed by atoms with E-state index in [1.165, 1.54) is 44.6 Å². The summed E-state index contributed by atoms with van der Waals surface area (Å²) in [6.45, 7) is 0. The standard InChI is InChI=1S/C17H15NO6S/c1-23-13-7-11(8-14(10-13)24-2)9-16(17(19)20)25-15-5-3-12(4-6-15)18(21)22/h3-10H,1-2H3,(H,19,20)/b16-9+. The van der Waals surface area contributed by atoms with Crippen LogP contribution in [0.2, 0.25) is 0 Å². The molecule has 8 heteroatoms. The SMILES string of the molecule is COc1cc(/C=C(/Sc2ccc([N+](=O)[O-])cc2)C(=O)O)cc(OC)c1. The Bertz CT molecular complexity index is 794. The van der Waals surface area contributed by atoms with Gasteiger partial charge in [-0.05, 0) is 35.9 Å². The Kier molecular flexibility index (Phi) is 6.02. The van der Waals surface area contributed by atoms with Crippen LogP contribution >= 0.6 is 11.8 Å². The third kappa shape index (κ3) is 4.98. The normalized spacial score (nSPS) is 11.0. The number of nitro groups is 1. The number of carboxylic acids is 1. The van der Waals surface area contributed by atoms with Crippen LogP contribution < -0.4 is 9.47 Å². The average Bonchev–Trinajstić information content (AvgIpc) is 2.61. The summed E-state index contributed by atoms with van der Waals surface area (Å²) in [5.41, 5.74) is 0.547. The van der Waals surface area contributed by atoms with Crippen molar-refractivity contribution in [1.29, 1.82) is 0 Å². The van der Waals surface area contributed by atoms with Gasteiger partial charge in [0, 0.05) is 23.1 Å². The van der Waals surface area contributed by atoms with E-state index in [1.807, 2.05) is 0 Å². The second-order valence-electron chi connectivity index (χ2n) is 4.81. The maximum absolute atomic E-state index is 11.5. The molecule has 2 aromatic carbocycles. The zero-order chi connectivity index (χ0) is 18.4. The number of hydrogen-bond donors (Lipinski definition) is 1. The molecule has 0 atom stereocenters. The van der Waals surface area contributed by atoms with Crippen LogP contribution in [-0.4, -0.2) is 30.2 Å². The van der Waals surface area contributed by atoms with E-state index in [2.05, 4.69) is 0 Å². The molecule has 130 valence electrons. The molecule has 0 saturated carbocycles. The number of methoxy groups -OCH3 is 2. The summed E-state index contributed by atoms with van der Waals surface area (Å²) in [5, 5.41) is 20.1. The quantitative estimate of drug-likeness (QED) is 0.346. The highest BCUT2D eigenvalue weighted by Gasteiger charge is 2.12. The van der Waals surface area contributed by atoms with Gasteiger partial charge in [-0.15, -0.1) is 0 Å². The zero-order valence-electron chi connectivity index (χ0n) is 13.5. The maximum Gasteiger partial charge on any atom is 0.342 e. The van der Waals surface area contributed by atoms with Gasteiger partial charge in [0.05, 0.1) is 24.0 Å². The molecule has 25 heavy (non-hydrogen) atoms. The minimum Gasteiger partial charge on any atom is -0.497 e. The number of benzene rings is 2. The predicted molar refractivity (Wildman–Crippen MR) is 94.1 cm³/mol. The lowest BCUT2D eigenvalue weighted by atomic mass is 10.2. The summed E-state index contributed by atoms with van der Waals surface area (Å²) in [5.74, 6) is -0.0310. The van der Waals surface area contributed by atoms with Gasteiger partial charge in [0.2, 0.25) is 0 Å². The van der Waals surface area contributed by atoms with E-state index in [4.69, 9.17) is 9.47 Å². The molecule has 0 bridgehead atoms. The molecule has 0 saturated heterocycles. The Morgan fingerprint density at radius 3 is 2.12 bits per heavy atom. The smallest absolute Gasteiger partial charge is 0.342 e. The zero-order valence-corrected chi connectivity index (χ0v) is 14.3. The van der Waals surface area contributed by atoms with E-state index in [-0.39, 0.29) is 10.6 Å². The molecule has 0 fully saturated rings.